The van der Waals surface area contributed by atoms with Crippen molar-refractivity contribution in [3.63, 3.8) is 0 Å². The Labute approximate surface area is 115 Å². The molecule has 3 N–H and O–H groups in total. The topological polar surface area (TPSA) is 80.9 Å². The van der Waals surface area contributed by atoms with Crippen LogP contribution >= 0.6 is 11.3 Å². The number of hydrogen-bond donors (Lipinski definition) is 2. The molecular formula is C13H16N4OS. The second-order valence-corrected chi connectivity index (χ2v) is 4.97. The number of carbonyl (C=O) groups is 1. The standard InChI is InChI=1S/C13H16N4OS/c14-5-1-12-17-11(9-19-12)13(18)16-8-4-10-2-6-15-7-3-10/h2-3,6-7,9H,1,4-5,8,14H2,(H,16,18). The van der Waals surface area contributed by atoms with Gasteiger partial charge in [-0.3, -0.25) is 9.78 Å². The third-order valence-electron chi connectivity index (χ3n) is 2.59. The molecule has 1 amide bonds. The van der Waals surface area contributed by atoms with Gasteiger partial charge in [0.1, 0.15) is 5.69 Å². The highest BCUT2D eigenvalue weighted by molar-refractivity contribution is 7.09. The van der Waals surface area contributed by atoms with Crippen molar-refractivity contribution >= 4 is 17.2 Å². The Morgan fingerprint density at radius 1 is 1.32 bits per heavy atom. The quantitative estimate of drug-likeness (QED) is 0.825. The predicted octanol–water partition coefficient (Wildman–Crippen LogP) is 1.01. The van der Waals surface area contributed by atoms with E-state index < -0.39 is 0 Å². The molecule has 0 aliphatic heterocycles. The minimum Gasteiger partial charge on any atom is -0.350 e. The molecule has 0 bridgehead atoms. The molecular weight excluding hydrogens is 260 g/mol. The van der Waals surface area contributed by atoms with Crippen molar-refractivity contribution in [2.45, 2.75) is 12.8 Å². The number of thiazole rings is 1. The Morgan fingerprint density at radius 2 is 2.11 bits per heavy atom. The second kappa shape index (κ2) is 6.96. The van der Waals surface area contributed by atoms with Crippen LogP contribution in [0.4, 0.5) is 0 Å². The number of rotatable bonds is 6. The van der Waals surface area contributed by atoms with E-state index in [0.29, 0.717) is 18.8 Å². The highest BCUT2D eigenvalue weighted by atomic mass is 32.1. The average molecular weight is 276 g/mol. The van der Waals surface area contributed by atoms with Crippen molar-refractivity contribution in [3.05, 3.63) is 46.2 Å². The molecule has 0 aromatic carbocycles. The lowest BCUT2D eigenvalue weighted by Crippen LogP contribution is -2.26. The molecule has 5 nitrogen and oxygen atoms in total. The van der Waals surface area contributed by atoms with Crippen molar-refractivity contribution in [3.8, 4) is 0 Å². The number of hydrogen-bond acceptors (Lipinski definition) is 5. The van der Waals surface area contributed by atoms with Crippen LogP contribution in [0.15, 0.2) is 29.9 Å². The van der Waals surface area contributed by atoms with Crippen molar-refractivity contribution in [1.82, 2.24) is 15.3 Å². The minimum atomic E-state index is -0.131. The summed E-state index contributed by atoms with van der Waals surface area (Å²) in [6, 6.07) is 3.88. The number of pyridine rings is 1. The number of amides is 1. The summed E-state index contributed by atoms with van der Waals surface area (Å²) in [6.45, 7) is 1.14. The molecule has 0 saturated carbocycles. The van der Waals surface area contributed by atoms with Gasteiger partial charge < -0.3 is 11.1 Å². The summed E-state index contributed by atoms with van der Waals surface area (Å²) in [5, 5.41) is 5.53. The van der Waals surface area contributed by atoms with Gasteiger partial charge in [0.15, 0.2) is 0 Å². The maximum absolute atomic E-state index is 11.8. The Kier molecular flexibility index (Phi) is 5.00. The first-order valence-electron chi connectivity index (χ1n) is 6.11. The summed E-state index contributed by atoms with van der Waals surface area (Å²) in [4.78, 5) is 20.0. The Hall–Kier alpha value is -1.79. The lowest BCUT2D eigenvalue weighted by atomic mass is 10.2. The van der Waals surface area contributed by atoms with Gasteiger partial charge in [0.25, 0.3) is 5.91 Å². The van der Waals surface area contributed by atoms with E-state index >= 15 is 0 Å². The second-order valence-electron chi connectivity index (χ2n) is 4.03. The van der Waals surface area contributed by atoms with E-state index in [1.54, 1.807) is 17.8 Å². The van der Waals surface area contributed by atoms with E-state index in [4.69, 9.17) is 5.73 Å². The normalized spacial score (nSPS) is 10.4. The molecule has 0 aliphatic carbocycles. The molecule has 2 aromatic rings. The van der Waals surface area contributed by atoms with E-state index in [-0.39, 0.29) is 5.91 Å². The Balaban J connectivity index is 1.80. The van der Waals surface area contributed by atoms with Gasteiger partial charge in [0.05, 0.1) is 5.01 Å². The minimum absolute atomic E-state index is 0.131. The van der Waals surface area contributed by atoms with Crippen molar-refractivity contribution in [2.75, 3.05) is 13.1 Å². The fourth-order valence-electron chi connectivity index (χ4n) is 1.61. The van der Waals surface area contributed by atoms with E-state index in [0.717, 1.165) is 23.4 Å². The van der Waals surface area contributed by atoms with E-state index in [1.807, 2.05) is 12.1 Å². The summed E-state index contributed by atoms with van der Waals surface area (Å²) in [5.41, 5.74) is 7.08. The largest absolute Gasteiger partial charge is 0.350 e. The highest BCUT2D eigenvalue weighted by Gasteiger charge is 2.09. The SMILES string of the molecule is NCCc1nc(C(=O)NCCc2ccncc2)cs1. The summed E-state index contributed by atoms with van der Waals surface area (Å²) < 4.78 is 0. The first-order valence-corrected chi connectivity index (χ1v) is 6.99. The summed E-state index contributed by atoms with van der Waals surface area (Å²) in [7, 11) is 0. The van der Waals surface area contributed by atoms with Gasteiger partial charge in [0, 0.05) is 30.7 Å². The zero-order chi connectivity index (χ0) is 13.5. The van der Waals surface area contributed by atoms with Crippen LogP contribution in [0.1, 0.15) is 21.1 Å². The summed E-state index contributed by atoms with van der Waals surface area (Å²) in [6.07, 6.45) is 5.00. The average Bonchev–Trinajstić information content (AvgIpc) is 2.89. The monoisotopic (exact) mass is 276 g/mol. The molecule has 2 heterocycles. The molecule has 2 aromatic heterocycles. The number of carbonyl (C=O) groups excluding carboxylic acids is 1. The van der Waals surface area contributed by atoms with Crippen molar-refractivity contribution < 1.29 is 4.79 Å². The van der Waals surface area contributed by atoms with Crippen molar-refractivity contribution in [1.29, 1.82) is 0 Å². The molecule has 0 unspecified atom stereocenters. The number of nitrogens with one attached hydrogen (secondary N) is 1. The van der Waals surface area contributed by atoms with Gasteiger partial charge in [-0.25, -0.2) is 4.98 Å². The smallest absolute Gasteiger partial charge is 0.270 e. The van der Waals surface area contributed by atoms with Crippen LogP contribution < -0.4 is 11.1 Å². The molecule has 0 fully saturated rings. The van der Waals surface area contributed by atoms with Gasteiger partial charge in [-0.1, -0.05) is 0 Å². The molecule has 0 saturated heterocycles. The maximum Gasteiger partial charge on any atom is 0.270 e. The van der Waals surface area contributed by atoms with Gasteiger partial charge in [-0.2, -0.15) is 0 Å². The maximum atomic E-state index is 11.8. The first kappa shape index (κ1) is 13.6. The van der Waals surface area contributed by atoms with E-state index in [9.17, 15) is 4.79 Å². The van der Waals surface area contributed by atoms with Crippen LogP contribution in [0.2, 0.25) is 0 Å². The first-order chi connectivity index (χ1) is 9.29. The van der Waals surface area contributed by atoms with Crippen LogP contribution in [-0.2, 0) is 12.8 Å². The fraction of sp³-hybridized carbons (Fsp3) is 0.308. The van der Waals surface area contributed by atoms with Crippen LogP contribution in [0.5, 0.6) is 0 Å². The third-order valence-corrected chi connectivity index (χ3v) is 3.50. The lowest BCUT2D eigenvalue weighted by molar-refractivity contribution is 0.0949. The predicted molar refractivity (Wildman–Crippen MR) is 75.1 cm³/mol. The van der Waals surface area contributed by atoms with Crippen molar-refractivity contribution in [2.24, 2.45) is 5.73 Å². The molecule has 2 rings (SSSR count). The van der Waals surface area contributed by atoms with Gasteiger partial charge in [0.2, 0.25) is 0 Å². The molecule has 19 heavy (non-hydrogen) atoms. The summed E-state index contributed by atoms with van der Waals surface area (Å²) in [5.74, 6) is -0.131. The van der Waals surface area contributed by atoms with Gasteiger partial charge >= 0.3 is 0 Å². The lowest BCUT2D eigenvalue weighted by Gasteiger charge is -2.03. The van der Waals surface area contributed by atoms with Crippen LogP contribution in [0, 0.1) is 0 Å². The number of aromatic nitrogens is 2. The van der Waals surface area contributed by atoms with Gasteiger partial charge in [-0.15, -0.1) is 11.3 Å². The molecule has 0 atom stereocenters. The molecule has 0 aliphatic rings. The third kappa shape index (κ3) is 4.11. The zero-order valence-corrected chi connectivity index (χ0v) is 11.3. The molecule has 6 heteroatoms. The summed E-state index contributed by atoms with van der Waals surface area (Å²) >= 11 is 1.47. The van der Waals surface area contributed by atoms with Gasteiger partial charge in [-0.05, 0) is 30.7 Å². The van der Waals surface area contributed by atoms with E-state index in [2.05, 4.69) is 15.3 Å². The number of nitrogens with zero attached hydrogens (tertiary/aromatic N) is 2. The fourth-order valence-corrected chi connectivity index (χ4v) is 2.41. The Morgan fingerprint density at radius 3 is 2.84 bits per heavy atom. The van der Waals surface area contributed by atoms with Crippen LogP contribution in [0.3, 0.4) is 0 Å². The molecule has 100 valence electrons. The van der Waals surface area contributed by atoms with E-state index in [1.165, 1.54) is 11.3 Å². The molecule has 0 spiro atoms. The highest BCUT2D eigenvalue weighted by Crippen LogP contribution is 2.09. The molecule has 0 radical (unpaired) electrons. The van der Waals surface area contributed by atoms with Crippen LogP contribution in [0.25, 0.3) is 0 Å². The van der Waals surface area contributed by atoms with Crippen LogP contribution in [-0.4, -0.2) is 29.0 Å². The Bertz CT molecular complexity index is 526. The zero-order valence-electron chi connectivity index (χ0n) is 10.5. The number of nitrogens with two attached hydrogens (primary N) is 1.